The standard InChI is InChI=1S/C14H24N4OS/c1-4-5-9-6-10(9)17-13(19)11-12(15)18-14(20-11)16-7-8(2)3/h8-10H,4-7,15H2,1-3H3,(H,16,18)(H,17,19). The first-order valence-corrected chi connectivity index (χ1v) is 8.14. The average Bonchev–Trinajstić information content (AvgIpc) is 2.98. The molecule has 2 atom stereocenters. The Bertz CT molecular complexity index is 472. The van der Waals surface area contributed by atoms with Crippen LogP contribution in [0.2, 0.25) is 0 Å². The number of nitrogens with one attached hydrogen (secondary N) is 2. The van der Waals surface area contributed by atoms with E-state index in [2.05, 4.69) is 36.4 Å². The van der Waals surface area contributed by atoms with Crippen molar-refractivity contribution in [3.63, 3.8) is 0 Å². The van der Waals surface area contributed by atoms with Crippen LogP contribution in [0.15, 0.2) is 0 Å². The van der Waals surface area contributed by atoms with E-state index in [1.54, 1.807) is 0 Å². The van der Waals surface area contributed by atoms with E-state index in [0.29, 0.717) is 28.6 Å². The predicted octanol–water partition coefficient (Wildman–Crippen LogP) is 2.71. The fraction of sp³-hybridized carbons (Fsp3) is 0.714. The van der Waals surface area contributed by atoms with E-state index in [0.717, 1.165) is 18.1 Å². The molecule has 0 bridgehead atoms. The zero-order valence-corrected chi connectivity index (χ0v) is 13.2. The summed E-state index contributed by atoms with van der Waals surface area (Å²) in [5.74, 6) is 1.42. The number of rotatable bonds is 7. The second-order valence-corrected chi connectivity index (χ2v) is 6.87. The number of nitrogens with zero attached hydrogens (tertiary/aromatic N) is 1. The van der Waals surface area contributed by atoms with Crippen molar-refractivity contribution in [1.82, 2.24) is 10.3 Å². The Balaban J connectivity index is 1.90. The lowest BCUT2D eigenvalue weighted by atomic mass is 10.2. The van der Waals surface area contributed by atoms with Crippen molar-refractivity contribution in [2.45, 2.75) is 46.1 Å². The molecule has 4 N–H and O–H groups in total. The monoisotopic (exact) mass is 296 g/mol. The molecule has 112 valence electrons. The predicted molar refractivity (Wildman–Crippen MR) is 84.1 cm³/mol. The summed E-state index contributed by atoms with van der Waals surface area (Å²) in [6.45, 7) is 7.25. The number of nitrogens with two attached hydrogens (primary N) is 1. The molecule has 1 aliphatic carbocycles. The summed E-state index contributed by atoms with van der Waals surface area (Å²) in [6.07, 6.45) is 3.45. The molecular formula is C14H24N4OS. The van der Waals surface area contributed by atoms with Gasteiger partial charge in [0.2, 0.25) is 0 Å². The highest BCUT2D eigenvalue weighted by molar-refractivity contribution is 7.18. The molecule has 1 aromatic heterocycles. The lowest BCUT2D eigenvalue weighted by Crippen LogP contribution is -2.26. The Morgan fingerprint density at radius 3 is 2.95 bits per heavy atom. The van der Waals surface area contributed by atoms with Crippen molar-refractivity contribution in [2.24, 2.45) is 11.8 Å². The minimum Gasteiger partial charge on any atom is -0.382 e. The van der Waals surface area contributed by atoms with Crippen LogP contribution < -0.4 is 16.4 Å². The number of amides is 1. The highest BCUT2D eigenvalue weighted by atomic mass is 32.1. The van der Waals surface area contributed by atoms with Gasteiger partial charge >= 0.3 is 0 Å². The van der Waals surface area contributed by atoms with Gasteiger partial charge < -0.3 is 16.4 Å². The maximum absolute atomic E-state index is 12.2. The number of thiazole rings is 1. The SMILES string of the molecule is CCCC1CC1NC(=O)c1sc(NCC(C)C)nc1N. The summed E-state index contributed by atoms with van der Waals surface area (Å²) >= 11 is 1.33. The second-order valence-electron chi connectivity index (χ2n) is 5.87. The molecule has 20 heavy (non-hydrogen) atoms. The Hall–Kier alpha value is -1.30. The van der Waals surface area contributed by atoms with E-state index >= 15 is 0 Å². The normalized spacial score (nSPS) is 21.0. The third kappa shape index (κ3) is 3.85. The van der Waals surface area contributed by atoms with Crippen LogP contribution in [-0.4, -0.2) is 23.5 Å². The number of hydrogen-bond donors (Lipinski definition) is 3. The van der Waals surface area contributed by atoms with Gasteiger partial charge in [-0.15, -0.1) is 0 Å². The molecule has 0 aliphatic heterocycles. The minimum absolute atomic E-state index is 0.0822. The fourth-order valence-corrected chi connectivity index (χ4v) is 3.00. The van der Waals surface area contributed by atoms with E-state index in [4.69, 9.17) is 5.73 Å². The Morgan fingerprint density at radius 1 is 1.55 bits per heavy atom. The number of hydrogen-bond acceptors (Lipinski definition) is 5. The van der Waals surface area contributed by atoms with Gasteiger partial charge in [-0.3, -0.25) is 4.79 Å². The number of carbonyl (C=O) groups excluding carboxylic acids is 1. The summed E-state index contributed by atoms with van der Waals surface area (Å²) in [6, 6.07) is 0.330. The molecule has 2 rings (SSSR count). The fourth-order valence-electron chi connectivity index (χ4n) is 2.21. The molecule has 2 unspecified atom stereocenters. The maximum Gasteiger partial charge on any atom is 0.265 e. The van der Waals surface area contributed by atoms with Gasteiger partial charge in [-0.2, -0.15) is 0 Å². The van der Waals surface area contributed by atoms with E-state index in [9.17, 15) is 4.79 Å². The quantitative estimate of drug-likeness (QED) is 0.722. The van der Waals surface area contributed by atoms with Crippen molar-refractivity contribution in [3.05, 3.63) is 4.88 Å². The molecule has 5 nitrogen and oxygen atoms in total. The van der Waals surface area contributed by atoms with Crippen LogP contribution in [0.4, 0.5) is 10.9 Å². The number of nitrogen functional groups attached to an aromatic ring is 1. The smallest absolute Gasteiger partial charge is 0.265 e. The van der Waals surface area contributed by atoms with Gasteiger partial charge in [0.1, 0.15) is 10.7 Å². The van der Waals surface area contributed by atoms with Crippen molar-refractivity contribution < 1.29 is 4.79 Å². The first kappa shape index (κ1) is 15.1. The summed E-state index contributed by atoms with van der Waals surface area (Å²) < 4.78 is 0. The zero-order valence-electron chi connectivity index (χ0n) is 12.4. The number of aromatic nitrogens is 1. The van der Waals surface area contributed by atoms with E-state index in [1.807, 2.05) is 0 Å². The van der Waals surface area contributed by atoms with Crippen LogP contribution in [0.5, 0.6) is 0 Å². The van der Waals surface area contributed by atoms with Crippen molar-refractivity contribution in [1.29, 1.82) is 0 Å². The molecular weight excluding hydrogens is 272 g/mol. The summed E-state index contributed by atoms with van der Waals surface area (Å²) in [5, 5.41) is 6.98. The maximum atomic E-state index is 12.2. The summed E-state index contributed by atoms with van der Waals surface area (Å²) in [4.78, 5) is 16.9. The highest BCUT2D eigenvalue weighted by Gasteiger charge is 2.37. The van der Waals surface area contributed by atoms with Crippen LogP contribution >= 0.6 is 11.3 Å². The lowest BCUT2D eigenvalue weighted by molar-refractivity contribution is 0.0953. The van der Waals surface area contributed by atoms with Gasteiger partial charge in [0.05, 0.1) is 0 Å². The molecule has 1 amide bonds. The summed E-state index contributed by atoms with van der Waals surface area (Å²) in [5.41, 5.74) is 5.84. The van der Waals surface area contributed by atoms with Gasteiger partial charge in [-0.1, -0.05) is 38.5 Å². The number of carbonyl (C=O) groups is 1. The topological polar surface area (TPSA) is 80.0 Å². The molecule has 1 saturated carbocycles. The van der Waals surface area contributed by atoms with Gasteiger partial charge in [0.25, 0.3) is 5.91 Å². The van der Waals surface area contributed by atoms with Gasteiger partial charge in [-0.05, 0) is 24.7 Å². The largest absolute Gasteiger partial charge is 0.382 e. The first-order chi connectivity index (χ1) is 9.51. The highest BCUT2D eigenvalue weighted by Crippen LogP contribution is 2.35. The average molecular weight is 296 g/mol. The van der Waals surface area contributed by atoms with Crippen LogP contribution in [0.3, 0.4) is 0 Å². The third-order valence-electron chi connectivity index (χ3n) is 3.42. The van der Waals surface area contributed by atoms with Crippen LogP contribution in [-0.2, 0) is 0 Å². The Kier molecular flexibility index (Phi) is 4.86. The zero-order chi connectivity index (χ0) is 14.7. The van der Waals surface area contributed by atoms with E-state index < -0.39 is 0 Å². The molecule has 1 aliphatic rings. The van der Waals surface area contributed by atoms with E-state index in [-0.39, 0.29) is 5.91 Å². The Morgan fingerprint density at radius 2 is 2.30 bits per heavy atom. The van der Waals surface area contributed by atoms with Crippen molar-refractivity contribution in [2.75, 3.05) is 17.6 Å². The van der Waals surface area contributed by atoms with Crippen LogP contribution in [0, 0.1) is 11.8 Å². The molecule has 0 saturated heterocycles. The van der Waals surface area contributed by atoms with Gasteiger partial charge in [-0.25, -0.2) is 4.98 Å². The molecule has 1 heterocycles. The summed E-state index contributed by atoms with van der Waals surface area (Å²) in [7, 11) is 0. The number of anilines is 2. The first-order valence-electron chi connectivity index (χ1n) is 7.32. The van der Waals surface area contributed by atoms with Crippen molar-refractivity contribution in [3.8, 4) is 0 Å². The van der Waals surface area contributed by atoms with Crippen molar-refractivity contribution >= 4 is 28.2 Å². The second kappa shape index (κ2) is 6.43. The van der Waals surface area contributed by atoms with Gasteiger partial charge in [0.15, 0.2) is 5.13 Å². The van der Waals surface area contributed by atoms with Crippen LogP contribution in [0.1, 0.15) is 49.7 Å². The molecule has 0 radical (unpaired) electrons. The molecule has 1 aromatic rings. The molecule has 0 spiro atoms. The lowest BCUT2D eigenvalue weighted by Gasteiger charge is -2.04. The minimum atomic E-state index is -0.0822. The van der Waals surface area contributed by atoms with E-state index in [1.165, 1.54) is 24.2 Å². The third-order valence-corrected chi connectivity index (χ3v) is 4.45. The molecule has 1 fully saturated rings. The molecule has 6 heteroatoms. The molecule has 0 aromatic carbocycles. The van der Waals surface area contributed by atoms with Gasteiger partial charge in [0, 0.05) is 12.6 Å². The van der Waals surface area contributed by atoms with Crippen LogP contribution in [0.25, 0.3) is 0 Å². The Labute approximate surface area is 124 Å².